The molecule has 1 aromatic carbocycles. The molecule has 31 heavy (non-hydrogen) atoms. The van der Waals surface area contributed by atoms with Crippen LogP contribution in [0.15, 0.2) is 42.9 Å². The average Bonchev–Trinajstić information content (AvgIpc) is 3.23. The summed E-state index contributed by atoms with van der Waals surface area (Å²) in [7, 11) is 1.72. The zero-order chi connectivity index (χ0) is 22.1. The van der Waals surface area contributed by atoms with Crippen LogP contribution in [-0.2, 0) is 27.5 Å². The lowest BCUT2D eigenvalue weighted by molar-refractivity contribution is -0.133. The number of anilines is 1. The summed E-state index contributed by atoms with van der Waals surface area (Å²) in [5, 5.41) is 5.76. The van der Waals surface area contributed by atoms with Gasteiger partial charge in [0.25, 0.3) is 0 Å². The van der Waals surface area contributed by atoms with Gasteiger partial charge in [0, 0.05) is 19.3 Å². The van der Waals surface area contributed by atoms with Gasteiger partial charge in [-0.2, -0.15) is 0 Å². The number of benzene rings is 1. The number of rotatable bonds is 10. The number of carbonyl (C=O) groups is 2. The lowest BCUT2D eigenvalue weighted by atomic mass is 9.94. The summed E-state index contributed by atoms with van der Waals surface area (Å²) in [6, 6.07) is 9.32. The Morgan fingerprint density at radius 1 is 1.23 bits per heavy atom. The maximum atomic E-state index is 12.5. The van der Waals surface area contributed by atoms with Crippen LogP contribution in [0.3, 0.4) is 0 Å². The van der Waals surface area contributed by atoms with Gasteiger partial charge in [-0.1, -0.05) is 43.7 Å². The van der Waals surface area contributed by atoms with E-state index in [-0.39, 0.29) is 25.0 Å². The monoisotopic (exact) mass is 427 g/mol. The highest BCUT2D eigenvalue weighted by Gasteiger charge is 2.22. The summed E-state index contributed by atoms with van der Waals surface area (Å²) in [6.45, 7) is 4.76. The van der Waals surface area contributed by atoms with Crippen molar-refractivity contribution < 1.29 is 14.3 Å². The molecule has 8 nitrogen and oxygen atoms in total. The number of hydrogen-bond acceptors (Lipinski definition) is 5. The zero-order valence-corrected chi connectivity index (χ0v) is 18.4. The molecule has 1 aromatic heterocycles. The summed E-state index contributed by atoms with van der Waals surface area (Å²) in [4.78, 5) is 31.2. The molecular weight excluding hydrogens is 394 g/mol. The Kier molecular flexibility index (Phi) is 8.61. The third-order valence-corrected chi connectivity index (χ3v) is 5.81. The highest BCUT2D eigenvalue weighted by atomic mass is 16.5. The van der Waals surface area contributed by atoms with Crippen LogP contribution in [0, 0.1) is 5.92 Å². The van der Waals surface area contributed by atoms with Gasteiger partial charge in [-0.3, -0.25) is 9.59 Å². The normalized spacial score (nSPS) is 15.6. The summed E-state index contributed by atoms with van der Waals surface area (Å²) in [5.74, 6) is 1.02. The highest BCUT2D eigenvalue weighted by Crippen LogP contribution is 2.20. The first kappa shape index (κ1) is 23.0. The number of nitrogens with zero attached hydrogens (tertiary/aromatic N) is 3. The van der Waals surface area contributed by atoms with Crippen LogP contribution in [0.4, 0.5) is 5.82 Å². The Morgan fingerprint density at radius 2 is 1.97 bits per heavy atom. The van der Waals surface area contributed by atoms with E-state index in [4.69, 9.17) is 4.74 Å². The number of likely N-dealkylation sites (tertiary alicyclic amines) is 1. The molecule has 1 atom stereocenters. The van der Waals surface area contributed by atoms with E-state index in [1.54, 1.807) is 24.1 Å². The predicted octanol–water partition coefficient (Wildman–Crippen LogP) is 2.28. The molecule has 0 radical (unpaired) electrons. The van der Waals surface area contributed by atoms with E-state index in [9.17, 15) is 9.59 Å². The molecule has 0 aliphatic carbocycles. The minimum Gasteiger partial charge on any atom is -0.375 e. The first-order chi connectivity index (χ1) is 15.1. The maximum absolute atomic E-state index is 12.5. The van der Waals surface area contributed by atoms with Gasteiger partial charge >= 0.3 is 0 Å². The fourth-order valence-electron chi connectivity index (χ4n) is 3.73. The van der Waals surface area contributed by atoms with Gasteiger partial charge in [0.1, 0.15) is 12.6 Å². The van der Waals surface area contributed by atoms with E-state index in [0.29, 0.717) is 12.4 Å². The van der Waals surface area contributed by atoms with Gasteiger partial charge in [0.2, 0.25) is 11.8 Å². The third-order valence-electron chi connectivity index (χ3n) is 5.81. The molecule has 1 fully saturated rings. The maximum Gasteiger partial charge on any atom is 0.245 e. The minimum absolute atomic E-state index is 0.0900. The van der Waals surface area contributed by atoms with Crippen LogP contribution in [0.25, 0.3) is 0 Å². The molecule has 2 amide bonds. The van der Waals surface area contributed by atoms with Gasteiger partial charge in [-0.05, 0) is 31.4 Å². The number of imidazole rings is 1. The molecule has 2 N–H and O–H groups in total. The van der Waals surface area contributed by atoms with Crippen molar-refractivity contribution in [3.8, 4) is 0 Å². The van der Waals surface area contributed by atoms with E-state index in [1.165, 1.54) is 6.42 Å². The second-order valence-electron chi connectivity index (χ2n) is 7.99. The Balaban J connectivity index is 1.44. The molecule has 2 aromatic rings. The van der Waals surface area contributed by atoms with Crippen LogP contribution in [0.2, 0.25) is 0 Å². The summed E-state index contributed by atoms with van der Waals surface area (Å²) in [6.07, 6.45) is 6.59. The highest BCUT2D eigenvalue weighted by molar-refractivity contribution is 5.94. The smallest absolute Gasteiger partial charge is 0.245 e. The standard InChI is InChI=1S/C23H33N5O3/c1-3-18-9-11-28(12-10-18)22(29)14-27-13-21(25-17-27)26-23(30)20(24-2)16-31-15-19-7-5-4-6-8-19/h4-8,13,17-18,20,24H,3,9-12,14-16H2,1-2H3,(H,26,30)/t20-/m1/s1. The quantitative estimate of drug-likeness (QED) is 0.607. The van der Waals surface area contributed by atoms with Crippen LogP contribution >= 0.6 is 0 Å². The van der Waals surface area contributed by atoms with E-state index < -0.39 is 6.04 Å². The fraction of sp³-hybridized carbons (Fsp3) is 0.522. The molecule has 2 heterocycles. The number of piperidine rings is 1. The Hall–Kier alpha value is -2.71. The zero-order valence-electron chi connectivity index (χ0n) is 18.4. The van der Waals surface area contributed by atoms with Crippen LogP contribution in [0.5, 0.6) is 0 Å². The van der Waals surface area contributed by atoms with Crippen molar-refractivity contribution in [2.75, 3.05) is 32.1 Å². The van der Waals surface area contributed by atoms with E-state index in [2.05, 4.69) is 22.5 Å². The van der Waals surface area contributed by atoms with Crippen LogP contribution < -0.4 is 10.6 Å². The average molecular weight is 428 g/mol. The van der Waals surface area contributed by atoms with E-state index >= 15 is 0 Å². The molecule has 8 heteroatoms. The molecular formula is C23H33N5O3. The van der Waals surface area contributed by atoms with E-state index in [1.807, 2.05) is 35.2 Å². The predicted molar refractivity (Wildman–Crippen MR) is 119 cm³/mol. The number of nitrogens with one attached hydrogen (secondary N) is 2. The third kappa shape index (κ3) is 6.90. The van der Waals surface area contributed by atoms with Gasteiger partial charge in [0.05, 0.1) is 19.5 Å². The molecule has 1 saturated heterocycles. The largest absolute Gasteiger partial charge is 0.375 e. The minimum atomic E-state index is -0.504. The summed E-state index contributed by atoms with van der Waals surface area (Å²) < 4.78 is 7.39. The van der Waals surface area contributed by atoms with Crippen molar-refractivity contribution in [1.29, 1.82) is 0 Å². The molecule has 1 aliphatic heterocycles. The van der Waals surface area contributed by atoms with E-state index in [0.717, 1.165) is 37.4 Å². The van der Waals surface area contributed by atoms with Gasteiger partial charge in [0.15, 0.2) is 5.82 Å². The van der Waals surface area contributed by atoms with Gasteiger partial charge in [-0.25, -0.2) is 4.98 Å². The lowest BCUT2D eigenvalue weighted by Crippen LogP contribution is -2.42. The lowest BCUT2D eigenvalue weighted by Gasteiger charge is -2.31. The molecule has 0 bridgehead atoms. The van der Waals surface area contributed by atoms with Crippen LogP contribution in [0.1, 0.15) is 31.7 Å². The number of aromatic nitrogens is 2. The molecule has 3 rings (SSSR count). The number of hydrogen-bond donors (Lipinski definition) is 2. The first-order valence-electron chi connectivity index (χ1n) is 11.0. The number of carbonyl (C=O) groups excluding carboxylic acids is 2. The topological polar surface area (TPSA) is 88.5 Å². The second kappa shape index (κ2) is 11.6. The number of ether oxygens (including phenoxy) is 1. The van der Waals surface area contributed by atoms with Gasteiger partial charge in [-0.15, -0.1) is 0 Å². The van der Waals surface area contributed by atoms with Crippen molar-refractivity contribution in [3.63, 3.8) is 0 Å². The van der Waals surface area contributed by atoms with Crippen LogP contribution in [-0.4, -0.2) is 59.1 Å². The number of likely N-dealkylation sites (N-methyl/N-ethyl adjacent to an activating group) is 1. The first-order valence-corrected chi connectivity index (χ1v) is 11.0. The molecule has 0 unspecified atom stereocenters. The molecule has 0 saturated carbocycles. The second-order valence-corrected chi connectivity index (χ2v) is 7.99. The Labute approximate surface area is 184 Å². The Bertz CT molecular complexity index is 831. The summed E-state index contributed by atoms with van der Waals surface area (Å²) in [5.41, 5.74) is 1.06. The molecule has 1 aliphatic rings. The van der Waals surface area contributed by atoms with Gasteiger partial charge < -0.3 is 24.8 Å². The number of amides is 2. The molecule has 168 valence electrons. The van der Waals surface area contributed by atoms with Crippen molar-refractivity contribution >= 4 is 17.6 Å². The van der Waals surface area contributed by atoms with Crippen molar-refractivity contribution in [3.05, 3.63) is 48.4 Å². The fourth-order valence-corrected chi connectivity index (χ4v) is 3.73. The Morgan fingerprint density at radius 3 is 2.65 bits per heavy atom. The van der Waals surface area contributed by atoms with Crippen molar-refractivity contribution in [2.45, 2.75) is 45.4 Å². The molecule has 0 spiro atoms. The van der Waals surface area contributed by atoms with Crippen molar-refractivity contribution in [2.24, 2.45) is 5.92 Å². The van der Waals surface area contributed by atoms with Crippen molar-refractivity contribution in [1.82, 2.24) is 19.8 Å². The SMILES string of the molecule is CCC1CCN(C(=O)Cn2cnc(NC(=O)[C@@H](COCc3ccccc3)NC)c2)CC1. The summed E-state index contributed by atoms with van der Waals surface area (Å²) >= 11 is 0.